The molecule has 1 aliphatic rings. The largest absolute Gasteiger partial charge is 0.301 e. The molecular weight excluding hydrogens is 414 g/mol. The van der Waals surface area contributed by atoms with Crippen LogP contribution in [0.15, 0.2) is 34.1 Å². The molecule has 1 amide bonds. The highest BCUT2D eigenvalue weighted by Gasteiger charge is 2.36. The molecule has 0 saturated carbocycles. The van der Waals surface area contributed by atoms with Crippen molar-refractivity contribution in [2.45, 2.75) is 18.9 Å². The van der Waals surface area contributed by atoms with E-state index in [1.54, 1.807) is 0 Å². The van der Waals surface area contributed by atoms with Crippen LogP contribution < -0.4 is 5.32 Å². The fourth-order valence-electron chi connectivity index (χ4n) is 2.67. The second-order valence-corrected chi connectivity index (χ2v) is 9.27. The summed E-state index contributed by atoms with van der Waals surface area (Å²) >= 11 is 4.71. The lowest BCUT2D eigenvalue weighted by Gasteiger charge is -2.20. The van der Waals surface area contributed by atoms with Crippen LogP contribution >= 0.6 is 27.3 Å². The van der Waals surface area contributed by atoms with Crippen LogP contribution in [-0.4, -0.2) is 42.5 Å². The van der Waals surface area contributed by atoms with Gasteiger partial charge in [0.2, 0.25) is 15.9 Å². The standard InChI is InChI=1S/C15H16BrN3O3S2/c1-24(21,22)19-8-2-3-13(19)14(20)18-15-17-12(9-23-15)10-4-6-11(16)7-5-10/h4-7,9,13H,2-3,8H2,1H3,(H,17,18,20). The summed E-state index contributed by atoms with van der Waals surface area (Å²) in [5.41, 5.74) is 1.72. The number of hydrogen-bond acceptors (Lipinski definition) is 5. The zero-order chi connectivity index (χ0) is 17.3. The number of rotatable bonds is 4. The molecule has 0 spiro atoms. The van der Waals surface area contributed by atoms with Gasteiger partial charge in [0.1, 0.15) is 6.04 Å². The Morgan fingerprint density at radius 3 is 2.75 bits per heavy atom. The fraction of sp³-hybridized carbons (Fsp3) is 0.333. The minimum Gasteiger partial charge on any atom is -0.301 e. The number of halogens is 1. The lowest BCUT2D eigenvalue weighted by atomic mass is 10.2. The minimum atomic E-state index is -3.38. The van der Waals surface area contributed by atoms with Gasteiger partial charge < -0.3 is 5.32 Å². The van der Waals surface area contributed by atoms with Crippen molar-refractivity contribution in [1.29, 1.82) is 0 Å². The van der Waals surface area contributed by atoms with Crippen molar-refractivity contribution in [1.82, 2.24) is 9.29 Å². The van der Waals surface area contributed by atoms with E-state index in [4.69, 9.17) is 0 Å². The summed E-state index contributed by atoms with van der Waals surface area (Å²) in [6.45, 7) is 0.388. The maximum atomic E-state index is 12.4. The monoisotopic (exact) mass is 429 g/mol. The molecule has 9 heteroatoms. The predicted octanol–water partition coefficient (Wildman–Crippen LogP) is 2.94. The molecular formula is C15H16BrN3O3S2. The Balaban J connectivity index is 1.72. The van der Waals surface area contributed by atoms with E-state index in [2.05, 4.69) is 26.2 Å². The van der Waals surface area contributed by atoms with Crippen LogP contribution in [0.2, 0.25) is 0 Å². The number of nitrogens with zero attached hydrogens (tertiary/aromatic N) is 2. The number of carbonyl (C=O) groups is 1. The topological polar surface area (TPSA) is 79.4 Å². The molecule has 1 fully saturated rings. The zero-order valence-corrected chi connectivity index (χ0v) is 16.1. The first-order valence-corrected chi connectivity index (χ1v) is 10.9. The second kappa shape index (κ2) is 6.91. The number of thiazole rings is 1. The second-order valence-electron chi connectivity index (χ2n) is 5.57. The van der Waals surface area contributed by atoms with Gasteiger partial charge in [0, 0.05) is 22.0 Å². The Kier molecular flexibility index (Phi) is 5.05. The number of carbonyl (C=O) groups excluding carboxylic acids is 1. The Morgan fingerprint density at radius 1 is 1.38 bits per heavy atom. The van der Waals surface area contributed by atoms with Crippen molar-refractivity contribution in [3.05, 3.63) is 34.1 Å². The molecule has 1 aromatic carbocycles. The van der Waals surface area contributed by atoms with Gasteiger partial charge in [0.15, 0.2) is 5.13 Å². The molecule has 6 nitrogen and oxygen atoms in total. The molecule has 1 aliphatic heterocycles. The molecule has 0 bridgehead atoms. The van der Waals surface area contributed by atoms with Gasteiger partial charge in [0.05, 0.1) is 11.9 Å². The van der Waals surface area contributed by atoms with Gasteiger partial charge in [-0.2, -0.15) is 4.31 Å². The van der Waals surface area contributed by atoms with Crippen LogP contribution in [0.3, 0.4) is 0 Å². The van der Waals surface area contributed by atoms with Gasteiger partial charge in [-0.15, -0.1) is 11.3 Å². The summed E-state index contributed by atoms with van der Waals surface area (Å²) in [6, 6.07) is 7.07. The third-order valence-corrected chi connectivity index (χ3v) is 6.38. The van der Waals surface area contributed by atoms with Gasteiger partial charge in [-0.05, 0) is 25.0 Å². The molecule has 2 heterocycles. The van der Waals surface area contributed by atoms with E-state index in [0.29, 0.717) is 24.5 Å². The maximum absolute atomic E-state index is 12.4. The maximum Gasteiger partial charge on any atom is 0.244 e. The SMILES string of the molecule is CS(=O)(=O)N1CCCC1C(=O)Nc1nc(-c2ccc(Br)cc2)cs1. The van der Waals surface area contributed by atoms with Crippen molar-refractivity contribution in [3.63, 3.8) is 0 Å². The quantitative estimate of drug-likeness (QED) is 0.809. The minimum absolute atomic E-state index is 0.324. The number of sulfonamides is 1. The van der Waals surface area contributed by atoms with E-state index in [0.717, 1.165) is 22.0 Å². The van der Waals surface area contributed by atoms with Crippen molar-refractivity contribution >= 4 is 48.3 Å². The van der Waals surface area contributed by atoms with Crippen LogP contribution in [0, 0.1) is 0 Å². The lowest BCUT2D eigenvalue weighted by molar-refractivity contribution is -0.119. The van der Waals surface area contributed by atoms with Gasteiger partial charge in [0.25, 0.3) is 0 Å². The highest BCUT2D eigenvalue weighted by Crippen LogP contribution is 2.27. The summed E-state index contributed by atoms with van der Waals surface area (Å²) < 4.78 is 25.7. The molecule has 2 aromatic rings. The van der Waals surface area contributed by atoms with E-state index in [1.807, 2.05) is 29.6 Å². The van der Waals surface area contributed by atoms with Gasteiger partial charge in [-0.25, -0.2) is 13.4 Å². The molecule has 3 rings (SSSR count). The number of aromatic nitrogens is 1. The Hall–Kier alpha value is -1.29. The Morgan fingerprint density at radius 2 is 2.08 bits per heavy atom. The summed E-state index contributed by atoms with van der Waals surface area (Å²) in [5, 5.41) is 5.07. The molecule has 24 heavy (non-hydrogen) atoms. The smallest absolute Gasteiger partial charge is 0.244 e. The highest BCUT2D eigenvalue weighted by atomic mass is 79.9. The van der Waals surface area contributed by atoms with Crippen LogP contribution in [0.1, 0.15) is 12.8 Å². The van der Waals surface area contributed by atoms with Crippen LogP contribution in [0.5, 0.6) is 0 Å². The average molecular weight is 430 g/mol. The van der Waals surface area contributed by atoms with Gasteiger partial charge in [-0.3, -0.25) is 4.79 Å². The van der Waals surface area contributed by atoms with E-state index < -0.39 is 16.1 Å². The van der Waals surface area contributed by atoms with Crippen molar-refractivity contribution in [2.75, 3.05) is 18.1 Å². The molecule has 1 atom stereocenters. The van der Waals surface area contributed by atoms with Crippen LogP contribution in [-0.2, 0) is 14.8 Å². The third kappa shape index (κ3) is 3.85. The normalized spacial score (nSPS) is 18.7. The number of benzene rings is 1. The Labute approximate surface area is 153 Å². The molecule has 0 radical (unpaired) electrons. The van der Waals surface area contributed by atoms with Crippen LogP contribution in [0.25, 0.3) is 11.3 Å². The van der Waals surface area contributed by atoms with E-state index in [9.17, 15) is 13.2 Å². The van der Waals surface area contributed by atoms with Crippen molar-refractivity contribution < 1.29 is 13.2 Å². The van der Waals surface area contributed by atoms with E-state index in [1.165, 1.54) is 15.6 Å². The van der Waals surface area contributed by atoms with Crippen LogP contribution in [0.4, 0.5) is 5.13 Å². The molecule has 1 unspecified atom stereocenters. The summed E-state index contributed by atoms with van der Waals surface area (Å²) in [6.07, 6.45) is 2.35. The zero-order valence-electron chi connectivity index (χ0n) is 12.9. The van der Waals surface area contributed by atoms with Gasteiger partial charge in [-0.1, -0.05) is 28.1 Å². The van der Waals surface area contributed by atoms with Crippen molar-refractivity contribution in [3.8, 4) is 11.3 Å². The first kappa shape index (κ1) is 17.5. The first-order valence-electron chi connectivity index (χ1n) is 7.34. The number of amides is 1. The summed E-state index contributed by atoms with van der Waals surface area (Å²) in [4.78, 5) is 16.8. The molecule has 0 aliphatic carbocycles. The molecule has 1 N–H and O–H groups in total. The molecule has 1 aromatic heterocycles. The van der Waals surface area contributed by atoms with Crippen molar-refractivity contribution in [2.24, 2.45) is 0 Å². The predicted molar refractivity (Wildman–Crippen MR) is 98.5 cm³/mol. The number of hydrogen-bond donors (Lipinski definition) is 1. The summed E-state index contributed by atoms with van der Waals surface area (Å²) in [5.74, 6) is -0.324. The molecule has 128 valence electrons. The first-order chi connectivity index (χ1) is 11.3. The highest BCUT2D eigenvalue weighted by molar-refractivity contribution is 9.10. The Bertz CT molecular complexity index is 849. The van der Waals surface area contributed by atoms with E-state index >= 15 is 0 Å². The lowest BCUT2D eigenvalue weighted by Crippen LogP contribution is -2.42. The third-order valence-electron chi connectivity index (χ3n) is 3.81. The molecule has 1 saturated heterocycles. The average Bonchev–Trinajstić information content (AvgIpc) is 3.16. The van der Waals surface area contributed by atoms with E-state index in [-0.39, 0.29) is 5.91 Å². The number of nitrogens with one attached hydrogen (secondary N) is 1. The van der Waals surface area contributed by atoms with Gasteiger partial charge >= 0.3 is 0 Å². The number of anilines is 1. The summed E-state index contributed by atoms with van der Waals surface area (Å²) in [7, 11) is -3.38. The fourth-order valence-corrected chi connectivity index (χ4v) is 4.78.